The smallest absolute Gasteiger partial charge is 0 e. The van der Waals surface area contributed by atoms with Gasteiger partial charge in [-0.05, 0) is 0 Å². The minimum absolute atomic E-state index is 0. The minimum atomic E-state index is 0. The Morgan fingerprint density at radius 1 is 0.280 bits per heavy atom. The Balaban J connectivity index is -0.0000000166. The molecule has 8 N–H and O–H groups in total. The molecule has 0 aliphatic heterocycles. The molecule has 0 saturated carbocycles. The van der Waals surface area contributed by atoms with E-state index in [2.05, 4.69) is 0 Å². The molecule has 0 bridgehead atoms. The van der Waals surface area contributed by atoms with Gasteiger partial charge in [-0.2, -0.15) is 0 Å². The van der Waals surface area contributed by atoms with Gasteiger partial charge in [-0.3, -0.25) is 0 Å². The maximum atomic E-state index is 8.24. The number of hydrogen-bond acceptors (Lipinski definition) is 8. The van der Waals surface area contributed by atoms with Crippen molar-refractivity contribution in [3.8, 4) is 0 Å². The van der Waals surface area contributed by atoms with Crippen molar-refractivity contribution >= 4 is 51.8 Å². The minimum Gasteiger partial charge on any atom is -0.665 e. The van der Waals surface area contributed by atoms with Crippen LogP contribution in [0.2, 0.25) is 0 Å². The fraction of sp³-hybridized carbons (Fsp3) is 0. The van der Waals surface area contributed by atoms with Gasteiger partial charge in [-0.1, -0.05) is 51.8 Å². The summed E-state index contributed by atoms with van der Waals surface area (Å²) < 4.78 is 0. The third kappa shape index (κ3) is 490. The monoisotopic (exact) mass is 416 g/mol. The quantitative estimate of drug-likeness (QED) is 0.143. The van der Waals surface area contributed by atoms with E-state index < -0.39 is 0 Å². The van der Waals surface area contributed by atoms with Gasteiger partial charge in [0.25, 0.3) is 0 Å². The van der Waals surface area contributed by atoms with Gasteiger partial charge in [0.2, 0.25) is 0 Å². The third-order valence-corrected chi connectivity index (χ3v) is 0. The molecule has 0 fully saturated rings. The summed E-state index contributed by atoms with van der Waals surface area (Å²) in [6.07, 6.45) is 0. The fourth-order valence-corrected chi connectivity index (χ4v) is 0. The van der Waals surface area contributed by atoms with E-state index in [1.54, 1.807) is 0 Å². The van der Waals surface area contributed by atoms with Crippen molar-refractivity contribution in [2.75, 3.05) is 0 Å². The van der Waals surface area contributed by atoms with Gasteiger partial charge in [-0.25, -0.2) is 0 Å². The van der Waals surface area contributed by atoms with Crippen LogP contribution in [0.3, 0.4) is 0 Å². The zero-order valence-electron chi connectivity index (χ0n) is 11.2. The molecule has 0 rings (SSSR count). The molecule has 152 valence electrons. The van der Waals surface area contributed by atoms with Crippen LogP contribution in [0.25, 0.3) is 0 Å². The van der Waals surface area contributed by atoms with Gasteiger partial charge >= 0.3 is 0 Å². The van der Waals surface area contributed by atoms with E-state index in [4.69, 9.17) is 79.2 Å². The molecule has 0 spiro atoms. The zero-order chi connectivity index (χ0) is 21.7. The van der Waals surface area contributed by atoms with E-state index in [0.717, 1.165) is 0 Å². The SMILES string of the molecule is O=[C-]O.O=[C-]O.O=[C-]O.O=[C-]O.O=[C-]O.O=[C-]O.O=[C-]O.O=[C-]O.[Fe]. The van der Waals surface area contributed by atoms with Crippen molar-refractivity contribution in [3.63, 3.8) is 0 Å². The van der Waals surface area contributed by atoms with Crippen LogP contribution in [-0.4, -0.2) is 92.6 Å². The number of rotatable bonds is 0. The molecule has 0 saturated heterocycles. The Hall–Kier alpha value is -3.72. The summed E-state index contributed by atoms with van der Waals surface area (Å²) in [5.74, 6) is 0. The van der Waals surface area contributed by atoms with Crippen LogP contribution in [0, 0.1) is 0 Å². The van der Waals surface area contributed by atoms with Crippen LogP contribution in [0.1, 0.15) is 0 Å². The average Bonchev–Trinajstić information content (AvgIpc) is 2.45. The summed E-state index contributed by atoms with van der Waals surface area (Å²) in [7, 11) is 0. The molecule has 0 radical (unpaired) electrons. The third-order valence-electron chi connectivity index (χ3n) is 0. The summed E-state index contributed by atoms with van der Waals surface area (Å²) in [6, 6.07) is 0. The predicted octanol–water partition coefficient (Wildman–Crippen LogP) is -3.11. The largest absolute Gasteiger partial charge is 0.665 e. The van der Waals surface area contributed by atoms with E-state index >= 15 is 0 Å². The second-order valence-corrected chi connectivity index (χ2v) is 0.730. The van der Waals surface area contributed by atoms with Crippen molar-refractivity contribution in [2.45, 2.75) is 0 Å². The molecule has 0 unspecified atom stereocenters. The van der Waals surface area contributed by atoms with Crippen molar-refractivity contribution in [2.24, 2.45) is 0 Å². The first-order valence-corrected chi connectivity index (χ1v) is 3.42. The van der Waals surface area contributed by atoms with E-state index in [-0.39, 0.29) is 17.1 Å². The van der Waals surface area contributed by atoms with Gasteiger partial charge in [-0.15, -0.1) is 0 Å². The van der Waals surface area contributed by atoms with Crippen LogP contribution in [0.4, 0.5) is 0 Å². The van der Waals surface area contributed by atoms with Crippen LogP contribution in [0.15, 0.2) is 0 Å². The Kier molecular flexibility index (Phi) is 956. The first-order valence-electron chi connectivity index (χ1n) is 3.42. The average molecular weight is 416 g/mol. The van der Waals surface area contributed by atoms with Crippen LogP contribution >= 0.6 is 0 Å². The molecule has 0 aromatic carbocycles. The fourth-order valence-electron chi connectivity index (χ4n) is 0. The summed E-state index contributed by atoms with van der Waals surface area (Å²) in [4.78, 5) is 65.9. The topological polar surface area (TPSA) is 298 Å². The van der Waals surface area contributed by atoms with Gasteiger partial charge in [0.15, 0.2) is 0 Å². The molecular formula is C8H8FeO16-8. The molecule has 0 aromatic rings. The van der Waals surface area contributed by atoms with Gasteiger partial charge < -0.3 is 79.2 Å². The number of hydrogen-bond donors (Lipinski definition) is 8. The maximum absolute atomic E-state index is 8.24. The molecule has 0 aliphatic carbocycles. The molecule has 0 amide bonds. The Labute approximate surface area is 149 Å². The maximum Gasteiger partial charge on any atom is 0 e. The van der Waals surface area contributed by atoms with Crippen molar-refractivity contribution in [1.82, 2.24) is 0 Å². The molecule has 16 nitrogen and oxygen atoms in total. The van der Waals surface area contributed by atoms with Crippen molar-refractivity contribution < 1.29 is 96.3 Å². The molecular weight excluding hydrogens is 408 g/mol. The predicted molar refractivity (Wildman–Crippen MR) is 66.6 cm³/mol. The van der Waals surface area contributed by atoms with E-state index in [1.807, 2.05) is 0 Å². The van der Waals surface area contributed by atoms with E-state index in [1.165, 1.54) is 0 Å². The van der Waals surface area contributed by atoms with Gasteiger partial charge in [0, 0.05) is 17.1 Å². The van der Waals surface area contributed by atoms with Crippen LogP contribution in [-0.2, 0) is 55.4 Å². The van der Waals surface area contributed by atoms with Gasteiger partial charge in [0.05, 0.1) is 0 Å². The van der Waals surface area contributed by atoms with Crippen LogP contribution in [0.5, 0.6) is 0 Å². The molecule has 0 aliphatic rings. The molecule has 0 aromatic heterocycles. The van der Waals surface area contributed by atoms with E-state index in [9.17, 15) is 0 Å². The Morgan fingerprint density at radius 3 is 0.280 bits per heavy atom. The first-order chi connectivity index (χ1) is 11.3. The van der Waals surface area contributed by atoms with Crippen molar-refractivity contribution in [3.05, 3.63) is 0 Å². The Morgan fingerprint density at radius 2 is 0.280 bits per heavy atom. The standard InChI is InChI=1S/8CHO2.Fe/c8*2-1-3;/h8*(H,2,3);/q8*-1;. The van der Waals surface area contributed by atoms with Gasteiger partial charge in [0.1, 0.15) is 0 Å². The zero-order valence-corrected chi connectivity index (χ0v) is 12.3. The second-order valence-electron chi connectivity index (χ2n) is 0.730. The summed E-state index contributed by atoms with van der Waals surface area (Å²) in [6.45, 7) is 4.00. The molecule has 0 atom stereocenters. The summed E-state index contributed by atoms with van der Waals surface area (Å²) >= 11 is 0. The molecule has 17 heteroatoms. The number of aliphatic hydroxyl groups excluding tert-OH is 8. The summed E-state index contributed by atoms with van der Waals surface area (Å²) in [5, 5.41) is 54.1. The molecule has 25 heavy (non-hydrogen) atoms. The molecule has 0 heterocycles. The Bertz CT molecular complexity index is 160. The first kappa shape index (κ1) is 58.0. The van der Waals surface area contributed by atoms with Crippen LogP contribution < -0.4 is 0 Å². The van der Waals surface area contributed by atoms with Crippen molar-refractivity contribution in [1.29, 1.82) is 0 Å². The normalized spacial score (nSPS) is 3.84. The van der Waals surface area contributed by atoms with E-state index in [0.29, 0.717) is 51.8 Å². The summed E-state index contributed by atoms with van der Waals surface area (Å²) in [5.41, 5.74) is 0. The second kappa shape index (κ2) is 412.